The summed E-state index contributed by atoms with van der Waals surface area (Å²) in [5.74, 6) is -0.127. The molecule has 0 amide bonds. The summed E-state index contributed by atoms with van der Waals surface area (Å²) >= 11 is 0. The Morgan fingerprint density at radius 3 is 2.53 bits per heavy atom. The van der Waals surface area contributed by atoms with Crippen LogP contribution < -0.4 is 0 Å². The maximum Gasteiger partial charge on any atom is 0.343 e. The first-order chi connectivity index (χ1) is 15.3. The highest BCUT2D eigenvalue weighted by molar-refractivity contribution is 5.94. The fourth-order valence-electron chi connectivity index (χ4n) is 3.52. The molecule has 0 spiro atoms. The summed E-state index contributed by atoms with van der Waals surface area (Å²) in [4.78, 5) is 23.1. The average molecular weight is 441 g/mol. The summed E-state index contributed by atoms with van der Waals surface area (Å²) in [6, 6.07) is 2.02. The van der Waals surface area contributed by atoms with Gasteiger partial charge in [-0.3, -0.25) is 4.79 Å². The number of carbonyl (C=O) groups excluding carboxylic acids is 2. The van der Waals surface area contributed by atoms with E-state index in [1.807, 2.05) is 18.4 Å². The molecule has 0 unspecified atom stereocenters. The van der Waals surface area contributed by atoms with Gasteiger partial charge in [-0.15, -0.1) is 0 Å². The third-order valence-electron chi connectivity index (χ3n) is 5.53. The lowest BCUT2D eigenvalue weighted by Gasteiger charge is -2.09. The van der Waals surface area contributed by atoms with Gasteiger partial charge in [0.05, 0.1) is 18.1 Å². The number of hydrogen-bond donors (Lipinski definition) is 0. The van der Waals surface area contributed by atoms with Crippen LogP contribution in [0.1, 0.15) is 78.7 Å². The molecule has 1 aromatic rings. The molecule has 2 heterocycles. The molecule has 5 heteroatoms. The molecule has 0 bridgehead atoms. The van der Waals surface area contributed by atoms with Gasteiger partial charge in [0.25, 0.3) is 0 Å². The standard InChI is InChI=1S/C27H36O5/c1-19(9-6-7-10-20(2)13-14-24-15-16-30-18-24)11-8-12-21(3)17-25-26(31-23(5)28)22(4)27(29)32-25/h10-11,15-18,21H,6-9,12-14H2,1-5H3/b19-11-,20-10-,25-17-/t21-/m1/s1. The molecule has 2 rings (SSSR count). The zero-order valence-electron chi connectivity index (χ0n) is 20.0. The van der Waals surface area contributed by atoms with Gasteiger partial charge < -0.3 is 13.9 Å². The number of carbonyl (C=O) groups is 2. The van der Waals surface area contributed by atoms with Crippen molar-refractivity contribution in [1.82, 2.24) is 0 Å². The second-order valence-electron chi connectivity index (χ2n) is 8.65. The monoisotopic (exact) mass is 440 g/mol. The van der Waals surface area contributed by atoms with Gasteiger partial charge in [0.15, 0.2) is 11.5 Å². The van der Waals surface area contributed by atoms with Crippen molar-refractivity contribution in [2.45, 2.75) is 79.6 Å². The topological polar surface area (TPSA) is 65.7 Å². The summed E-state index contributed by atoms with van der Waals surface area (Å²) in [5.41, 5.74) is 4.42. The maximum atomic E-state index is 11.8. The molecule has 5 nitrogen and oxygen atoms in total. The average Bonchev–Trinajstić information content (AvgIpc) is 3.34. The summed E-state index contributed by atoms with van der Waals surface area (Å²) in [6.07, 6.45) is 17.4. The van der Waals surface area contributed by atoms with Gasteiger partial charge in [0, 0.05) is 6.92 Å². The van der Waals surface area contributed by atoms with Crippen molar-refractivity contribution >= 4 is 11.9 Å². The van der Waals surface area contributed by atoms with Gasteiger partial charge in [-0.25, -0.2) is 4.79 Å². The van der Waals surface area contributed by atoms with Gasteiger partial charge in [0.2, 0.25) is 0 Å². The first kappa shape index (κ1) is 25.4. The lowest BCUT2D eigenvalue weighted by molar-refractivity contribution is -0.137. The summed E-state index contributed by atoms with van der Waals surface area (Å²) in [5, 5.41) is 0. The van der Waals surface area contributed by atoms with E-state index >= 15 is 0 Å². The van der Waals surface area contributed by atoms with Crippen molar-refractivity contribution in [1.29, 1.82) is 0 Å². The Balaban J connectivity index is 1.70. The van der Waals surface area contributed by atoms with Crippen molar-refractivity contribution in [2.75, 3.05) is 0 Å². The Kier molecular flexibility index (Phi) is 10.3. The number of aryl methyl sites for hydroxylation is 1. The molecule has 1 atom stereocenters. The summed E-state index contributed by atoms with van der Waals surface area (Å²) in [7, 11) is 0. The SMILES string of the molecule is CC(=O)OC1=C(C)C(=O)O/C1=C\[C@H](C)CC/C=C(/C)CCC/C=C(/C)CCc1ccoc1. The fraction of sp³-hybridized carbons (Fsp3) is 0.481. The van der Waals surface area contributed by atoms with Crippen molar-refractivity contribution in [3.63, 3.8) is 0 Å². The highest BCUT2D eigenvalue weighted by Crippen LogP contribution is 2.29. The van der Waals surface area contributed by atoms with Crippen LogP contribution in [0.4, 0.5) is 0 Å². The van der Waals surface area contributed by atoms with E-state index in [1.165, 1.54) is 23.6 Å². The number of esters is 2. The molecule has 1 aliphatic rings. The van der Waals surface area contributed by atoms with Crippen LogP contribution in [0.2, 0.25) is 0 Å². The molecule has 174 valence electrons. The normalized spacial score (nSPS) is 17.2. The molecule has 0 aliphatic carbocycles. The minimum absolute atomic E-state index is 0.194. The van der Waals surface area contributed by atoms with Crippen LogP contribution in [0, 0.1) is 5.92 Å². The predicted octanol–water partition coefficient (Wildman–Crippen LogP) is 6.97. The lowest BCUT2D eigenvalue weighted by atomic mass is 10.0. The predicted molar refractivity (Wildman–Crippen MR) is 125 cm³/mol. The Hall–Kier alpha value is -2.82. The molecule has 1 aliphatic heterocycles. The highest BCUT2D eigenvalue weighted by atomic mass is 16.6. The largest absolute Gasteiger partial charge is 0.472 e. The van der Waals surface area contributed by atoms with E-state index in [2.05, 4.69) is 32.9 Å². The first-order valence-electron chi connectivity index (χ1n) is 11.4. The molecule has 0 N–H and O–H groups in total. The van der Waals surface area contributed by atoms with Crippen molar-refractivity contribution in [2.24, 2.45) is 5.92 Å². The Morgan fingerprint density at radius 2 is 1.84 bits per heavy atom. The van der Waals surface area contributed by atoms with E-state index in [4.69, 9.17) is 13.9 Å². The van der Waals surface area contributed by atoms with Gasteiger partial charge in [-0.2, -0.15) is 0 Å². The van der Waals surface area contributed by atoms with Crippen LogP contribution in [0.15, 0.2) is 69.5 Å². The van der Waals surface area contributed by atoms with Gasteiger partial charge in [0.1, 0.15) is 0 Å². The number of rotatable bonds is 12. The lowest BCUT2D eigenvalue weighted by Crippen LogP contribution is -2.02. The summed E-state index contributed by atoms with van der Waals surface area (Å²) < 4.78 is 15.5. The van der Waals surface area contributed by atoms with Crippen LogP contribution in [0.3, 0.4) is 0 Å². The molecule has 0 saturated heterocycles. The Bertz CT molecular complexity index is 896. The second kappa shape index (κ2) is 12.9. The quantitative estimate of drug-likeness (QED) is 0.199. The van der Waals surface area contributed by atoms with Crippen molar-refractivity contribution < 1.29 is 23.5 Å². The van der Waals surface area contributed by atoms with Gasteiger partial charge in [-0.05, 0) is 89.3 Å². The van der Waals surface area contributed by atoms with Gasteiger partial charge >= 0.3 is 11.9 Å². The second-order valence-corrected chi connectivity index (χ2v) is 8.65. The van der Waals surface area contributed by atoms with E-state index in [0.717, 1.165) is 44.9 Å². The zero-order valence-corrected chi connectivity index (χ0v) is 20.0. The third kappa shape index (κ3) is 8.74. The van der Waals surface area contributed by atoms with Crippen LogP contribution in [0.5, 0.6) is 0 Å². The van der Waals surface area contributed by atoms with Crippen LogP contribution in [-0.2, 0) is 25.5 Å². The van der Waals surface area contributed by atoms with Crippen LogP contribution in [0.25, 0.3) is 0 Å². The molecule has 1 aromatic heterocycles. The molecule has 32 heavy (non-hydrogen) atoms. The Morgan fingerprint density at radius 1 is 1.12 bits per heavy atom. The fourth-order valence-corrected chi connectivity index (χ4v) is 3.52. The smallest absolute Gasteiger partial charge is 0.343 e. The minimum atomic E-state index is -0.460. The summed E-state index contributed by atoms with van der Waals surface area (Å²) in [6.45, 7) is 9.37. The number of allylic oxidation sites excluding steroid dienone is 5. The minimum Gasteiger partial charge on any atom is -0.472 e. The molecule has 0 aromatic carbocycles. The molecular formula is C27H36O5. The van der Waals surface area contributed by atoms with E-state index < -0.39 is 11.9 Å². The zero-order chi connectivity index (χ0) is 23.5. The maximum absolute atomic E-state index is 11.8. The van der Waals surface area contributed by atoms with E-state index in [1.54, 1.807) is 13.2 Å². The van der Waals surface area contributed by atoms with Crippen LogP contribution >= 0.6 is 0 Å². The van der Waals surface area contributed by atoms with Gasteiger partial charge in [-0.1, -0.05) is 30.2 Å². The number of furan rings is 1. The number of ether oxygens (including phenoxy) is 2. The number of hydrogen-bond acceptors (Lipinski definition) is 5. The third-order valence-corrected chi connectivity index (χ3v) is 5.53. The van der Waals surface area contributed by atoms with Crippen LogP contribution in [-0.4, -0.2) is 11.9 Å². The van der Waals surface area contributed by atoms with E-state index in [9.17, 15) is 9.59 Å². The highest BCUT2D eigenvalue weighted by Gasteiger charge is 2.29. The molecule has 0 fully saturated rings. The first-order valence-corrected chi connectivity index (χ1v) is 11.4. The molecule has 0 radical (unpaired) electrons. The molecular weight excluding hydrogens is 404 g/mol. The number of cyclic esters (lactones) is 1. The van der Waals surface area contributed by atoms with Crippen molar-refractivity contribution in [3.8, 4) is 0 Å². The van der Waals surface area contributed by atoms with E-state index in [0.29, 0.717) is 11.3 Å². The Labute approximate surface area is 191 Å². The van der Waals surface area contributed by atoms with Crippen molar-refractivity contribution in [3.05, 3.63) is 70.6 Å². The molecule has 0 saturated carbocycles. The number of unbranched alkanes of at least 4 members (excludes halogenated alkanes) is 1. The van der Waals surface area contributed by atoms with E-state index in [-0.39, 0.29) is 11.7 Å².